The lowest BCUT2D eigenvalue weighted by atomic mass is 10.0. The fourth-order valence-corrected chi connectivity index (χ4v) is 4.21. The van der Waals surface area contributed by atoms with Gasteiger partial charge in [0.1, 0.15) is 10.9 Å². The minimum Gasteiger partial charge on any atom is -0.493 e. The fourth-order valence-electron chi connectivity index (χ4n) is 3.17. The number of carbonyl (C=O) groups is 1. The summed E-state index contributed by atoms with van der Waals surface area (Å²) in [6.07, 6.45) is 1.64. The number of thioether (sulfide) groups is 1. The zero-order valence-corrected chi connectivity index (χ0v) is 18.5. The van der Waals surface area contributed by atoms with Crippen molar-refractivity contribution in [2.45, 2.75) is 6.61 Å². The summed E-state index contributed by atoms with van der Waals surface area (Å²) < 4.78 is 39.3. The van der Waals surface area contributed by atoms with Crippen molar-refractivity contribution in [3.05, 3.63) is 88.3 Å². The Morgan fingerprint density at radius 1 is 1.03 bits per heavy atom. The highest BCUT2D eigenvalue weighted by Crippen LogP contribution is 2.40. The second-order valence-corrected chi connectivity index (χ2v) is 8.57. The van der Waals surface area contributed by atoms with Crippen LogP contribution in [0.5, 0.6) is 11.5 Å². The molecule has 1 fully saturated rings. The number of methoxy groups -OCH3 is 1. The minimum atomic E-state index is -0.957. The maximum atomic E-state index is 13.8. The third kappa shape index (κ3) is 4.81. The van der Waals surface area contributed by atoms with E-state index in [0.29, 0.717) is 37.4 Å². The SMILES string of the molecule is COc1cc(-c2ccc(F)c(F)c2)cc(C=C2SC(=S)NC2=O)c1OCc1ccccc1. The molecule has 1 aliphatic heterocycles. The Morgan fingerprint density at radius 3 is 2.47 bits per heavy atom. The monoisotopic (exact) mass is 469 g/mol. The third-order valence-corrected chi connectivity index (χ3v) is 5.87. The highest BCUT2D eigenvalue weighted by Gasteiger charge is 2.24. The summed E-state index contributed by atoms with van der Waals surface area (Å²) in [5.41, 5.74) is 2.52. The van der Waals surface area contributed by atoms with Gasteiger partial charge in [0.25, 0.3) is 5.91 Å². The van der Waals surface area contributed by atoms with Crippen LogP contribution in [0.4, 0.5) is 8.78 Å². The Kier molecular flexibility index (Phi) is 6.53. The van der Waals surface area contributed by atoms with Crippen LogP contribution in [0.25, 0.3) is 17.2 Å². The predicted octanol–water partition coefficient (Wildman–Crippen LogP) is 5.71. The number of halogens is 2. The average molecular weight is 470 g/mol. The Hall–Kier alpha value is -3.23. The van der Waals surface area contributed by atoms with E-state index in [1.165, 1.54) is 13.2 Å². The molecule has 4 rings (SSSR count). The van der Waals surface area contributed by atoms with Gasteiger partial charge in [-0.15, -0.1) is 0 Å². The smallest absolute Gasteiger partial charge is 0.263 e. The van der Waals surface area contributed by atoms with Crippen molar-refractivity contribution in [1.29, 1.82) is 0 Å². The van der Waals surface area contributed by atoms with E-state index in [1.54, 1.807) is 18.2 Å². The van der Waals surface area contributed by atoms with E-state index >= 15 is 0 Å². The molecule has 0 unspecified atom stereocenters. The summed E-state index contributed by atoms with van der Waals surface area (Å²) >= 11 is 6.21. The third-order valence-electron chi connectivity index (χ3n) is 4.71. The molecule has 32 heavy (non-hydrogen) atoms. The van der Waals surface area contributed by atoms with Crippen LogP contribution in [-0.4, -0.2) is 17.3 Å². The second-order valence-electron chi connectivity index (χ2n) is 6.85. The highest BCUT2D eigenvalue weighted by atomic mass is 32.2. The maximum Gasteiger partial charge on any atom is 0.263 e. The summed E-state index contributed by atoms with van der Waals surface area (Å²) in [4.78, 5) is 12.6. The Balaban J connectivity index is 1.81. The standard InChI is InChI=1S/C24H17F2NO3S2/c1-29-20-11-16(15-7-8-18(25)19(26)10-15)9-17(12-21-23(28)27-24(31)32-21)22(20)30-13-14-5-3-2-4-6-14/h2-12H,13H2,1H3,(H,27,28,31). The van der Waals surface area contributed by atoms with Crippen molar-refractivity contribution in [2.24, 2.45) is 0 Å². The summed E-state index contributed by atoms with van der Waals surface area (Å²) in [5.74, 6) is -1.39. The van der Waals surface area contributed by atoms with Crippen molar-refractivity contribution >= 4 is 40.3 Å². The average Bonchev–Trinajstić information content (AvgIpc) is 3.11. The Morgan fingerprint density at radius 2 is 1.81 bits per heavy atom. The molecular weight excluding hydrogens is 452 g/mol. The molecule has 4 nitrogen and oxygen atoms in total. The first-order valence-corrected chi connectivity index (χ1v) is 10.8. The lowest BCUT2D eigenvalue weighted by Gasteiger charge is -2.16. The van der Waals surface area contributed by atoms with E-state index in [4.69, 9.17) is 21.7 Å². The predicted molar refractivity (Wildman–Crippen MR) is 125 cm³/mol. The first-order valence-electron chi connectivity index (χ1n) is 9.53. The number of hydrogen-bond donors (Lipinski definition) is 1. The van der Waals surface area contributed by atoms with Gasteiger partial charge in [-0.05, 0) is 47.0 Å². The molecule has 3 aromatic carbocycles. The lowest BCUT2D eigenvalue weighted by molar-refractivity contribution is -0.115. The first-order chi connectivity index (χ1) is 15.4. The van der Waals surface area contributed by atoms with Crippen LogP contribution >= 0.6 is 24.0 Å². The van der Waals surface area contributed by atoms with Crippen LogP contribution < -0.4 is 14.8 Å². The number of thiocarbonyl (C=S) groups is 1. The zero-order valence-electron chi connectivity index (χ0n) is 16.9. The topological polar surface area (TPSA) is 47.6 Å². The fraction of sp³-hybridized carbons (Fsp3) is 0.0833. The molecule has 0 aromatic heterocycles. The highest BCUT2D eigenvalue weighted by molar-refractivity contribution is 8.26. The van der Waals surface area contributed by atoms with E-state index in [0.717, 1.165) is 29.5 Å². The number of rotatable bonds is 6. The van der Waals surface area contributed by atoms with Gasteiger partial charge in [0, 0.05) is 5.56 Å². The number of nitrogens with one attached hydrogen (secondary N) is 1. The molecule has 8 heteroatoms. The maximum absolute atomic E-state index is 13.8. The van der Waals surface area contributed by atoms with Crippen molar-refractivity contribution in [2.75, 3.05) is 7.11 Å². The molecule has 0 aliphatic carbocycles. The lowest BCUT2D eigenvalue weighted by Crippen LogP contribution is -2.17. The van der Waals surface area contributed by atoms with Crippen LogP contribution in [0.2, 0.25) is 0 Å². The number of hydrogen-bond acceptors (Lipinski definition) is 5. The Bertz CT molecular complexity index is 1230. The van der Waals surface area contributed by atoms with Gasteiger partial charge in [-0.3, -0.25) is 4.79 Å². The minimum absolute atomic E-state index is 0.273. The molecule has 1 amide bonds. The van der Waals surface area contributed by atoms with Crippen molar-refractivity contribution < 1.29 is 23.0 Å². The molecule has 1 heterocycles. The van der Waals surface area contributed by atoms with E-state index in [9.17, 15) is 13.6 Å². The summed E-state index contributed by atoms with van der Waals surface area (Å²) in [6, 6.07) is 16.6. The molecule has 0 bridgehead atoms. The molecule has 0 radical (unpaired) electrons. The molecule has 0 saturated carbocycles. The molecule has 1 aliphatic rings. The normalized spacial score (nSPS) is 14.5. The van der Waals surface area contributed by atoms with Gasteiger partial charge in [-0.2, -0.15) is 0 Å². The van der Waals surface area contributed by atoms with Gasteiger partial charge in [0.2, 0.25) is 0 Å². The van der Waals surface area contributed by atoms with Gasteiger partial charge in [-0.25, -0.2) is 8.78 Å². The molecular formula is C24H17F2NO3S2. The van der Waals surface area contributed by atoms with Gasteiger partial charge >= 0.3 is 0 Å². The number of ether oxygens (including phenoxy) is 2. The molecule has 3 aromatic rings. The van der Waals surface area contributed by atoms with Crippen LogP contribution in [0.15, 0.2) is 65.6 Å². The van der Waals surface area contributed by atoms with Crippen LogP contribution in [0.3, 0.4) is 0 Å². The van der Waals surface area contributed by atoms with Crippen LogP contribution in [0.1, 0.15) is 11.1 Å². The zero-order chi connectivity index (χ0) is 22.7. The number of amides is 1. The molecule has 162 valence electrons. The van der Waals surface area contributed by atoms with E-state index in [2.05, 4.69) is 5.32 Å². The second kappa shape index (κ2) is 9.50. The largest absolute Gasteiger partial charge is 0.493 e. The quantitative estimate of drug-likeness (QED) is 0.370. The Labute approximate surface area is 193 Å². The van der Waals surface area contributed by atoms with Crippen molar-refractivity contribution in [1.82, 2.24) is 5.32 Å². The van der Waals surface area contributed by atoms with E-state index < -0.39 is 11.6 Å². The molecule has 1 saturated heterocycles. The molecule has 0 spiro atoms. The van der Waals surface area contributed by atoms with Gasteiger partial charge in [-0.1, -0.05) is 60.4 Å². The molecule has 0 atom stereocenters. The van der Waals surface area contributed by atoms with Crippen molar-refractivity contribution in [3.63, 3.8) is 0 Å². The van der Waals surface area contributed by atoms with Crippen LogP contribution in [-0.2, 0) is 11.4 Å². The summed E-state index contributed by atoms with van der Waals surface area (Å²) in [6.45, 7) is 0.273. The van der Waals surface area contributed by atoms with Gasteiger partial charge in [0.15, 0.2) is 23.1 Å². The van der Waals surface area contributed by atoms with Gasteiger partial charge < -0.3 is 14.8 Å². The summed E-state index contributed by atoms with van der Waals surface area (Å²) in [5, 5.41) is 2.58. The number of carbonyl (C=O) groups excluding carboxylic acids is 1. The van der Waals surface area contributed by atoms with Crippen molar-refractivity contribution in [3.8, 4) is 22.6 Å². The molecule has 1 N–H and O–H groups in total. The van der Waals surface area contributed by atoms with Crippen LogP contribution in [0, 0.1) is 11.6 Å². The number of benzene rings is 3. The van der Waals surface area contributed by atoms with E-state index in [-0.39, 0.29) is 12.5 Å². The summed E-state index contributed by atoms with van der Waals surface area (Å²) in [7, 11) is 1.49. The van der Waals surface area contributed by atoms with E-state index in [1.807, 2.05) is 30.3 Å². The first kappa shape index (κ1) is 22.0. The van der Waals surface area contributed by atoms with Gasteiger partial charge in [0.05, 0.1) is 12.0 Å².